The lowest BCUT2D eigenvalue weighted by atomic mass is 9.90. The standard InChI is InChI=1S/C21H33N3O7/c25-10-14-4-1-7-22(14)19-17(12-27)30-13-18(31-24-9-2-5-15(24)11-26)20(19)23-8-3-6-16(23)21(28)29/h10-11,14-20,27H,1-9,12-13H2,(H,28,29)/t14-,15-,16-,17?,18+,19+,20+/m0/s1. The van der Waals surface area contributed by atoms with Crippen molar-refractivity contribution in [2.45, 2.75) is 80.9 Å². The Morgan fingerprint density at radius 2 is 1.65 bits per heavy atom. The summed E-state index contributed by atoms with van der Waals surface area (Å²) >= 11 is 0. The molecular weight excluding hydrogens is 406 g/mol. The number of carboxylic acids is 1. The maximum absolute atomic E-state index is 12.0. The highest BCUT2D eigenvalue weighted by Gasteiger charge is 2.53. The summed E-state index contributed by atoms with van der Waals surface area (Å²) in [6, 6.07) is -2.00. The zero-order valence-electron chi connectivity index (χ0n) is 17.8. The summed E-state index contributed by atoms with van der Waals surface area (Å²) in [6.07, 6.45) is 5.26. The normalized spacial score (nSPS) is 40.4. The van der Waals surface area contributed by atoms with Crippen LogP contribution in [0.3, 0.4) is 0 Å². The number of aliphatic hydroxyl groups excluding tert-OH is 1. The molecule has 0 bridgehead atoms. The number of rotatable bonds is 8. The van der Waals surface area contributed by atoms with Gasteiger partial charge in [-0.3, -0.25) is 19.4 Å². The Morgan fingerprint density at radius 1 is 0.968 bits per heavy atom. The first kappa shape index (κ1) is 22.8. The van der Waals surface area contributed by atoms with Gasteiger partial charge in [0, 0.05) is 6.54 Å². The van der Waals surface area contributed by atoms with E-state index in [4.69, 9.17) is 9.57 Å². The minimum Gasteiger partial charge on any atom is -0.480 e. The van der Waals surface area contributed by atoms with Crippen LogP contribution in [-0.4, -0.2) is 119 Å². The molecule has 4 fully saturated rings. The Hall–Kier alpha value is -1.43. The average molecular weight is 440 g/mol. The monoisotopic (exact) mass is 439 g/mol. The number of carbonyl (C=O) groups is 3. The van der Waals surface area contributed by atoms with E-state index in [-0.39, 0.29) is 37.4 Å². The minimum atomic E-state index is -0.873. The molecule has 7 atom stereocenters. The number of hydrogen-bond acceptors (Lipinski definition) is 9. The van der Waals surface area contributed by atoms with E-state index in [2.05, 4.69) is 4.90 Å². The van der Waals surface area contributed by atoms with Gasteiger partial charge in [-0.05, 0) is 51.6 Å². The van der Waals surface area contributed by atoms with Crippen molar-refractivity contribution in [1.29, 1.82) is 0 Å². The van der Waals surface area contributed by atoms with E-state index in [1.54, 1.807) is 5.06 Å². The summed E-state index contributed by atoms with van der Waals surface area (Å²) in [5.74, 6) is -0.873. The molecule has 4 heterocycles. The zero-order chi connectivity index (χ0) is 22.0. The van der Waals surface area contributed by atoms with Crippen LogP contribution in [0.4, 0.5) is 0 Å². The van der Waals surface area contributed by atoms with Crippen molar-refractivity contribution < 1.29 is 34.2 Å². The van der Waals surface area contributed by atoms with Gasteiger partial charge in [-0.2, -0.15) is 5.06 Å². The molecule has 0 aromatic carbocycles. The molecule has 0 spiro atoms. The molecule has 0 aromatic rings. The van der Waals surface area contributed by atoms with E-state index >= 15 is 0 Å². The van der Waals surface area contributed by atoms with Gasteiger partial charge in [0.2, 0.25) is 0 Å². The molecule has 0 aromatic heterocycles. The lowest BCUT2D eigenvalue weighted by Crippen LogP contribution is -2.69. The zero-order valence-corrected chi connectivity index (χ0v) is 17.8. The average Bonchev–Trinajstić information content (AvgIpc) is 3.52. The fourth-order valence-corrected chi connectivity index (χ4v) is 5.88. The number of aliphatic hydroxyl groups is 1. The van der Waals surface area contributed by atoms with E-state index in [1.807, 2.05) is 4.90 Å². The van der Waals surface area contributed by atoms with Crippen molar-refractivity contribution in [2.24, 2.45) is 0 Å². The molecule has 0 aliphatic carbocycles. The fraction of sp³-hybridized carbons (Fsp3) is 0.857. The number of nitrogens with zero attached hydrogens (tertiary/aromatic N) is 3. The van der Waals surface area contributed by atoms with E-state index in [0.717, 1.165) is 44.7 Å². The van der Waals surface area contributed by atoms with Crippen LogP contribution in [0.5, 0.6) is 0 Å². The molecule has 2 N–H and O–H groups in total. The SMILES string of the molecule is O=C[C@@H]1CCCN1O[C@@H]1COC(CO)[C@@H](N2CCC[C@H]2C=O)[C@@H]1N1CCC[C@H]1C(=O)O. The van der Waals surface area contributed by atoms with Gasteiger partial charge >= 0.3 is 5.97 Å². The Kier molecular flexibility index (Phi) is 7.35. The maximum Gasteiger partial charge on any atom is 0.320 e. The summed E-state index contributed by atoms with van der Waals surface area (Å²) in [7, 11) is 0. The second-order valence-corrected chi connectivity index (χ2v) is 8.98. The lowest BCUT2D eigenvalue weighted by Gasteiger charge is -2.51. The summed E-state index contributed by atoms with van der Waals surface area (Å²) in [6.45, 7) is 1.89. The van der Waals surface area contributed by atoms with Crippen LogP contribution >= 0.6 is 0 Å². The van der Waals surface area contributed by atoms with Gasteiger partial charge in [0.15, 0.2) is 0 Å². The number of carbonyl (C=O) groups excluding carboxylic acids is 2. The van der Waals surface area contributed by atoms with Crippen molar-refractivity contribution in [2.75, 3.05) is 32.8 Å². The van der Waals surface area contributed by atoms with Crippen molar-refractivity contribution in [3.63, 3.8) is 0 Å². The van der Waals surface area contributed by atoms with Crippen molar-refractivity contribution in [3.05, 3.63) is 0 Å². The van der Waals surface area contributed by atoms with Crippen LogP contribution in [0.1, 0.15) is 38.5 Å². The topological polar surface area (TPSA) is 120 Å². The molecule has 31 heavy (non-hydrogen) atoms. The smallest absolute Gasteiger partial charge is 0.320 e. The van der Waals surface area contributed by atoms with Crippen molar-refractivity contribution in [3.8, 4) is 0 Å². The van der Waals surface area contributed by atoms with Crippen molar-refractivity contribution in [1.82, 2.24) is 14.9 Å². The van der Waals surface area contributed by atoms with Gasteiger partial charge in [0.05, 0.1) is 43.5 Å². The minimum absolute atomic E-state index is 0.191. The first-order valence-corrected chi connectivity index (χ1v) is 11.4. The number of hydroxylamine groups is 2. The molecule has 4 rings (SSSR count). The molecule has 0 saturated carbocycles. The van der Waals surface area contributed by atoms with Gasteiger partial charge in [0.25, 0.3) is 0 Å². The van der Waals surface area contributed by atoms with Crippen molar-refractivity contribution >= 4 is 18.5 Å². The summed E-state index contributed by atoms with van der Waals surface area (Å²) < 4.78 is 6.00. The predicted octanol–water partition coefficient (Wildman–Crippen LogP) is -0.709. The molecule has 0 amide bonds. The quantitative estimate of drug-likeness (QED) is 0.469. The summed E-state index contributed by atoms with van der Waals surface area (Å²) in [4.78, 5) is 45.6. The van der Waals surface area contributed by atoms with Crippen LogP contribution < -0.4 is 0 Å². The largest absolute Gasteiger partial charge is 0.480 e. The van der Waals surface area contributed by atoms with Crippen LogP contribution in [0.15, 0.2) is 0 Å². The van der Waals surface area contributed by atoms with Crippen LogP contribution in [0.25, 0.3) is 0 Å². The first-order valence-electron chi connectivity index (χ1n) is 11.4. The molecule has 0 radical (unpaired) electrons. The Labute approximate surface area is 182 Å². The number of hydrogen-bond donors (Lipinski definition) is 2. The number of aliphatic carboxylic acids is 1. The van der Waals surface area contributed by atoms with Gasteiger partial charge in [-0.1, -0.05) is 0 Å². The van der Waals surface area contributed by atoms with Crippen LogP contribution in [0.2, 0.25) is 0 Å². The first-order chi connectivity index (χ1) is 15.1. The third-order valence-corrected chi connectivity index (χ3v) is 7.29. The molecule has 4 saturated heterocycles. The third-order valence-electron chi connectivity index (χ3n) is 7.29. The summed E-state index contributed by atoms with van der Waals surface area (Å²) in [5.41, 5.74) is 0. The van der Waals surface area contributed by atoms with Gasteiger partial charge < -0.3 is 24.5 Å². The second kappa shape index (κ2) is 10.0. The third kappa shape index (κ3) is 4.42. The van der Waals surface area contributed by atoms with Gasteiger partial charge in [-0.25, -0.2) is 0 Å². The second-order valence-electron chi connectivity index (χ2n) is 8.98. The molecule has 10 heteroatoms. The van der Waals surface area contributed by atoms with E-state index in [1.165, 1.54) is 0 Å². The number of likely N-dealkylation sites (tertiary alicyclic amines) is 2. The summed E-state index contributed by atoms with van der Waals surface area (Å²) in [5, 5.41) is 21.6. The van der Waals surface area contributed by atoms with E-state index in [0.29, 0.717) is 26.1 Å². The predicted molar refractivity (Wildman–Crippen MR) is 108 cm³/mol. The Balaban J connectivity index is 1.67. The van der Waals surface area contributed by atoms with Gasteiger partial charge in [0.1, 0.15) is 24.7 Å². The van der Waals surface area contributed by atoms with E-state index in [9.17, 15) is 24.6 Å². The van der Waals surface area contributed by atoms with Gasteiger partial charge in [-0.15, -0.1) is 0 Å². The van der Waals surface area contributed by atoms with Crippen LogP contribution in [0, 0.1) is 0 Å². The molecule has 4 aliphatic heterocycles. The lowest BCUT2D eigenvalue weighted by molar-refractivity contribution is -0.265. The highest BCUT2D eigenvalue weighted by molar-refractivity contribution is 5.74. The fourth-order valence-electron chi connectivity index (χ4n) is 5.88. The van der Waals surface area contributed by atoms with E-state index < -0.39 is 24.2 Å². The Morgan fingerprint density at radius 3 is 2.35 bits per heavy atom. The molecule has 10 nitrogen and oxygen atoms in total. The molecular formula is C21H33N3O7. The van der Waals surface area contributed by atoms with Crippen LogP contribution in [-0.2, 0) is 24.0 Å². The molecule has 4 aliphatic rings. The maximum atomic E-state index is 12.0. The molecule has 1 unspecified atom stereocenters. The Bertz CT molecular complexity index is 665. The highest BCUT2D eigenvalue weighted by atomic mass is 16.7. The number of ether oxygens (including phenoxy) is 1. The highest BCUT2D eigenvalue weighted by Crippen LogP contribution is 2.36. The molecule has 174 valence electrons. The number of aldehydes is 2. The number of carboxylic acid groups (broad SMARTS) is 1.